The maximum absolute atomic E-state index is 12.8. The summed E-state index contributed by atoms with van der Waals surface area (Å²) in [6.45, 7) is 1.66. The van der Waals surface area contributed by atoms with E-state index in [4.69, 9.17) is 0 Å². The monoisotopic (exact) mass is 294 g/mol. The SMILES string of the molecule is CC1(C(=O)O)CCCCC1NC(=O)Nc1ccc(F)cc1. The highest BCUT2D eigenvalue weighted by Crippen LogP contribution is 2.36. The summed E-state index contributed by atoms with van der Waals surface area (Å²) in [5, 5.41) is 14.7. The standard InChI is InChI=1S/C15H19FN2O3/c1-15(13(19)20)9-3-2-4-12(15)18-14(21)17-11-7-5-10(16)6-8-11/h5-8,12H,2-4,9H2,1H3,(H,19,20)(H2,17,18,21). The number of aliphatic carboxylic acids is 1. The van der Waals surface area contributed by atoms with E-state index >= 15 is 0 Å². The third-order valence-corrected chi connectivity index (χ3v) is 4.10. The molecule has 1 aromatic rings. The average molecular weight is 294 g/mol. The molecule has 0 spiro atoms. The minimum absolute atomic E-state index is 0.383. The van der Waals surface area contributed by atoms with Crippen molar-refractivity contribution in [3.63, 3.8) is 0 Å². The Labute approximate surface area is 122 Å². The van der Waals surface area contributed by atoms with Gasteiger partial charge in [-0.25, -0.2) is 9.18 Å². The minimum Gasteiger partial charge on any atom is -0.481 e. The number of benzene rings is 1. The lowest BCUT2D eigenvalue weighted by atomic mass is 9.72. The van der Waals surface area contributed by atoms with E-state index in [0.717, 1.165) is 12.8 Å². The van der Waals surface area contributed by atoms with Gasteiger partial charge in [-0.15, -0.1) is 0 Å². The largest absolute Gasteiger partial charge is 0.481 e. The van der Waals surface area contributed by atoms with Crippen LogP contribution in [0.4, 0.5) is 14.9 Å². The van der Waals surface area contributed by atoms with Gasteiger partial charge in [0.1, 0.15) is 5.82 Å². The fourth-order valence-corrected chi connectivity index (χ4v) is 2.68. The van der Waals surface area contributed by atoms with E-state index in [0.29, 0.717) is 18.5 Å². The van der Waals surface area contributed by atoms with Crippen molar-refractivity contribution in [1.82, 2.24) is 5.32 Å². The number of hydrogen-bond donors (Lipinski definition) is 3. The summed E-state index contributed by atoms with van der Waals surface area (Å²) in [7, 11) is 0. The molecule has 1 aliphatic rings. The normalized spacial score (nSPS) is 25.1. The lowest BCUT2D eigenvalue weighted by Crippen LogP contribution is -2.53. The highest BCUT2D eigenvalue weighted by atomic mass is 19.1. The second-order valence-electron chi connectivity index (χ2n) is 5.63. The van der Waals surface area contributed by atoms with Crippen LogP contribution in [0.5, 0.6) is 0 Å². The van der Waals surface area contributed by atoms with Gasteiger partial charge in [0.15, 0.2) is 0 Å². The number of halogens is 1. The van der Waals surface area contributed by atoms with Crippen LogP contribution in [0.2, 0.25) is 0 Å². The summed E-state index contributed by atoms with van der Waals surface area (Å²) in [5.41, 5.74) is -0.486. The van der Waals surface area contributed by atoms with Crippen LogP contribution in [0.15, 0.2) is 24.3 Å². The molecule has 21 heavy (non-hydrogen) atoms. The van der Waals surface area contributed by atoms with Crippen LogP contribution in [-0.4, -0.2) is 23.1 Å². The topological polar surface area (TPSA) is 78.4 Å². The molecular formula is C15H19FN2O3. The highest BCUT2D eigenvalue weighted by molar-refractivity contribution is 5.90. The Balaban J connectivity index is 2.00. The quantitative estimate of drug-likeness (QED) is 0.802. The Morgan fingerprint density at radius 3 is 2.57 bits per heavy atom. The molecule has 2 unspecified atom stereocenters. The van der Waals surface area contributed by atoms with Gasteiger partial charge in [-0.1, -0.05) is 12.8 Å². The molecule has 1 aliphatic carbocycles. The molecule has 2 amide bonds. The van der Waals surface area contributed by atoms with Gasteiger partial charge < -0.3 is 15.7 Å². The number of hydrogen-bond acceptors (Lipinski definition) is 2. The first-order valence-corrected chi connectivity index (χ1v) is 6.98. The maximum Gasteiger partial charge on any atom is 0.319 e. The smallest absolute Gasteiger partial charge is 0.319 e. The Hall–Kier alpha value is -2.11. The molecule has 5 nitrogen and oxygen atoms in total. The number of carboxylic acids is 1. The van der Waals surface area contributed by atoms with Gasteiger partial charge in [0, 0.05) is 11.7 Å². The number of carbonyl (C=O) groups is 2. The third kappa shape index (κ3) is 3.51. The Morgan fingerprint density at radius 2 is 1.95 bits per heavy atom. The van der Waals surface area contributed by atoms with Crippen molar-refractivity contribution in [1.29, 1.82) is 0 Å². The van der Waals surface area contributed by atoms with E-state index in [-0.39, 0.29) is 5.82 Å². The van der Waals surface area contributed by atoms with Crippen molar-refractivity contribution in [3.8, 4) is 0 Å². The van der Waals surface area contributed by atoms with E-state index < -0.39 is 23.5 Å². The molecule has 0 saturated heterocycles. The summed E-state index contributed by atoms with van der Waals surface area (Å²) in [6.07, 6.45) is 2.92. The zero-order valence-electron chi connectivity index (χ0n) is 11.9. The minimum atomic E-state index is -0.946. The highest BCUT2D eigenvalue weighted by Gasteiger charge is 2.43. The number of anilines is 1. The van der Waals surface area contributed by atoms with Crippen molar-refractivity contribution in [2.45, 2.75) is 38.6 Å². The molecule has 3 N–H and O–H groups in total. The maximum atomic E-state index is 12.8. The van der Waals surface area contributed by atoms with Crippen molar-refractivity contribution in [3.05, 3.63) is 30.1 Å². The molecule has 2 atom stereocenters. The van der Waals surface area contributed by atoms with Gasteiger partial charge in [-0.2, -0.15) is 0 Å². The lowest BCUT2D eigenvalue weighted by molar-refractivity contribution is -0.151. The molecule has 0 aliphatic heterocycles. The van der Waals surface area contributed by atoms with Crippen molar-refractivity contribution in [2.75, 3.05) is 5.32 Å². The van der Waals surface area contributed by atoms with Gasteiger partial charge in [0.05, 0.1) is 5.41 Å². The molecule has 0 bridgehead atoms. The van der Waals surface area contributed by atoms with E-state index in [1.54, 1.807) is 6.92 Å². The number of rotatable bonds is 3. The number of carboxylic acid groups (broad SMARTS) is 1. The number of carbonyl (C=O) groups excluding carboxylic acids is 1. The molecular weight excluding hydrogens is 275 g/mol. The molecule has 0 radical (unpaired) electrons. The van der Waals surface area contributed by atoms with Gasteiger partial charge >= 0.3 is 12.0 Å². The second-order valence-corrected chi connectivity index (χ2v) is 5.63. The predicted molar refractivity (Wildman–Crippen MR) is 76.6 cm³/mol. The van der Waals surface area contributed by atoms with E-state index in [2.05, 4.69) is 10.6 Å². The van der Waals surface area contributed by atoms with Crippen LogP contribution in [0.3, 0.4) is 0 Å². The molecule has 0 aromatic heterocycles. The first kappa shape index (κ1) is 15.3. The Bertz CT molecular complexity index is 532. The van der Waals surface area contributed by atoms with Gasteiger partial charge in [0.2, 0.25) is 0 Å². The van der Waals surface area contributed by atoms with Crippen molar-refractivity contribution >= 4 is 17.7 Å². The molecule has 1 fully saturated rings. The Morgan fingerprint density at radius 1 is 1.29 bits per heavy atom. The first-order chi connectivity index (χ1) is 9.91. The molecule has 6 heteroatoms. The van der Waals surface area contributed by atoms with Gasteiger partial charge in [-0.3, -0.25) is 4.79 Å². The molecule has 1 saturated carbocycles. The summed E-state index contributed by atoms with van der Waals surface area (Å²) in [5.74, 6) is -1.28. The number of nitrogens with one attached hydrogen (secondary N) is 2. The van der Waals surface area contributed by atoms with Crippen LogP contribution in [0.25, 0.3) is 0 Å². The van der Waals surface area contributed by atoms with Crippen LogP contribution in [0.1, 0.15) is 32.6 Å². The van der Waals surface area contributed by atoms with Gasteiger partial charge in [0.25, 0.3) is 0 Å². The summed E-state index contributed by atoms with van der Waals surface area (Å²) in [6, 6.07) is 4.51. The second kappa shape index (κ2) is 6.11. The Kier molecular flexibility index (Phi) is 4.45. The summed E-state index contributed by atoms with van der Waals surface area (Å²) >= 11 is 0. The van der Waals surface area contributed by atoms with Crippen LogP contribution in [-0.2, 0) is 4.79 Å². The zero-order valence-corrected chi connectivity index (χ0v) is 11.9. The van der Waals surface area contributed by atoms with Crippen LogP contribution >= 0.6 is 0 Å². The number of urea groups is 1. The molecule has 2 rings (SSSR count). The summed E-state index contributed by atoms with van der Waals surface area (Å²) in [4.78, 5) is 23.4. The fourth-order valence-electron chi connectivity index (χ4n) is 2.68. The van der Waals surface area contributed by atoms with Crippen LogP contribution in [0, 0.1) is 11.2 Å². The first-order valence-electron chi connectivity index (χ1n) is 6.98. The fraction of sp³-hybridized carbons (Fsp3) is 0.467. The third-order valence-electron chi connectivity index (χ3n) is 4.10. The van der Waals surface area contributed by atoms with E-state index in [1.807, 2.05) is 0 Å². The summed E-state index contributed by atoms with van der Waals surface area (Å²) < 4.78 is 12.8. The zero-order chi connectivity index (χ0) is 15.5. The lowest BCUT2D eigenvalue weighted by Gasteiger charge is -2.38. The molecule has 114 valence electrons. The predicted octanol–water partition coefficient (Wildman–Crippen LogP) is 2.98. The van der Waals surface area contributed by atoms with Crippen molar-refractivity contribution < 1.29 is 19.1 Å². The van der Waals surface area contributed by atoms with Crippen LogP contribution < -0.4 is 10.6 Å². The van der Waals surface area contributed by atoms with E-state index in [9.17, 15) is 19.1 Å². The molecule has 0 heterocycles. The van der Waals surface area contributed by atoms with Crippen molar-refractivity contribution in [2.24, 2.45) is 5.41 Å². The van der Waals surface area contributed by atoms with Gasteiger partial charge in [-0.05, 0) is 44.0 Å². The number of amides is 2. The molecule has 1 aromatic carbocycles. The van der Waals surface area contributed by atoms with E-state index in [1.165, 1.54) is 24.3 Å². The average Bonchev–Trinajstić information content (AvgIpc) is 2.44.